The van der Waals surface area contributed by atoms with Gasteiger partial charge in [-0.2, -0.15) is 11.8 Å². The van der Waals surface area contributed by atoms with Crippen molar-refractivity contribution in [2.45, 2.75) is 43.9 Å². The molecule has 4 rings (SSSR count). The van der Waals surface area contributed by atoms with Gasteiger partial charge in [0.2, 0.25) is 0 Å². The minimum Gasteiger partial charge on any atom is -0.385 e. The third kappa shape index (κ3) is 6.89. The van der Waals surface area contributed by atoms with Crippen molar-refractivity contribution >= 4 is 59.8 Å². The van der Waals surface area contributed by atoms with Crippen LogP contribution in [0.2, 0.25) is 5.02 Å². The van der Waals surface area contributed by atoms with Crippen LogP contribution in [0, 0.1) is 0 Å². The maximum absolute atomic E-state index is 6.22. The van der Waals surface area contributed by atoms with Gasteiger partial charge in [-0.3, -0.25) is 4.90 Å². The zero-order valence-corrected chi connectivity index (χ0v) is 21.0. The minimum atomic E-state index is 0. The summed E-state index contributed by atoms with van der Waals surface area (Å²) in [6.45, 7) is 3.85. The highest BCUT2D eigenvalue weighted by atomic mass is 35.5. The van der Waals surface area contributed by atoms with E-state index in [4.69, 9.17) is 22.1 Å². The third-order valence-corrected chi connectivity index (χ3v) is 7.03. The molecule has 0 bridgehead atoms. The van der Waals surface area contributed by atoms with E-state index in [2.05, 4.69) is 38.4 Å². The smallest absolute Gasteiger partial charge is 0.135 e. The van der Waals surface area contributed by atoms with Crippen molar-refractivity contribution in [2.24, 2.45) is 15.9 Å². The van der Waals surface area contributed by atoms with Gasteiger partial charge in [-0.1, -0.05) is 23.7 Å². The Kier molecular flexibility index (Phi) is 10.7. The molecule has 2 N–H and O–H groups in total. The summed E-state index contributed by atoms with van der Waals surface area (Å²) in [4.78, 5) is 5.07. The molecule has 10 heteroatoms. The fourth-order valence-electron chi connectivity index (χ4n) is 4.57. The average Bonchev–Trinajstić information content (AvgIpc) is 3.17. The van der Waals surface area contributed by atoms with Crippen LogP contribution in [0.1, 0.15) is 24.8 Å². The zero-order valence-electron chi connectivity index (χ0n) is 17.8. The lowest BCUT2D eigenvalue weighted by Gasteiger charge is -2.47. The first-order valence-electron chi connectivity index (χ1n) is 10.4. The molecule has 174 valence electrons. The van der Waals surface area contributed by atoms with Crippen molar-refractivity contribution in [1.29, 1.82) is 0 Å². The first-order chi connectivity index (χ1) is 14.1. The van der Waals surface area contributed by atoms with Gasteiger partial charge in [0.05, 0.1) is 19.1 Å². The lowest BCUT2D eigenvalue weighted by atomic mass is 9.96. The van der Waals surface area contributed by atoms with Gasteiger partial charge in [0.15, 0.2) is 0 Å². The summed E-state index contributed by atoms with van der Waals surface area (Å²) in [6, 6.07) is 9.23. The van der Waals surface area contributed by atoms with E-state index in [1.54, 1.807) is 0 Å². The molecular formula is C21H32Cl3N5OS. The first kappa shape index (κ1) is 26.6. The second-order valence-electron chi connectivity index (χ2n) is 8.09. The number of benzene rings is 1. The Labute approximate surface area is 206 Å². The van der Waals surface area contributed by atoms with E-state index in [1.807, 2.05) is 23.9 Å². The van der Waals surface area contributed by atoms with Gasteiger partial charge in [-0.15, -0.1) is 35.0 Å². The first-order valence-corrected chi connectivity index (χ1v) is 12.1. The minimum absolute atomic E-state index is 0. The van der Waals surface area contributed by atoms with Crippen LogP contribution in [0.25, 0.3) is 0 Å². The standard InChI is InChI=1S/C21H30ClN5OS.2ClH/c1-29-14-19-12-27(18(13-28-19)10-15-2-4-16(22)5-3-15)17-6-8-26(9-7-17)21-11-20(23)24-25-21;;/h2-5,17-19H,6-14H2,1H3,(H2,23,24);2*1H/t18-,19+;;/m0../s1. The molecule has 3 aliphatic rings. The Morgan fingerprint density at radius 3 is 2.48 bits per heavy atom. The number of likely N-dealkylation sites (tertiary alicyclic amines) is 1. The molecule has 0 spiro atoms. The topological polar surface area (TPSA) is 66.5 Å². The number of piperidine rings is 1. The van der Waals surface area contributed by atoms with E-state index in [-0.39, 0.29) is 24.8 Å². The van der Waals surface area contributed by atoms with E-state index in [9.17, 15) is 0 Å². The molecule has 31 heavy (non-hydrogen) atoms. The number of hydrogen-bond donors (Lipinski definition) is 1. The van der Waals surface area contributed by atoms with Crippen molar-refractivity contribution in [3.8, 4) is 0 Å². The second kappa shape index (κ2) is 12.5. The number of morpholine rings is 1. The summed E-state index contributed by atoms with van der Waals surface area (Å²) >= 11 is 7.93. The quantitative estimate of drug-likeness (QED) is 0.657. The van der Waals surface area contributed by atoms with Crippen molar-refractivity contribution in [3.63, 3.8) is 0 Å². The molecule has 0 radical (unpaired) electrons. The van der Waals surface area contributed by atoms with E-state index in [1.165, 1.54) is 5.56 Å². The molecule has 0 saturated carbocycles. The number of nitrogens with zero attached hydrogens (tertiary/aromatic N) is 4. The summed E-state index contributed by atoms with van der Waals surface area (Å²) < 4.78 is 6.22. The van der Waals surface area contributed by atoms with Gasteiger partial charge in [-0.05, 0) is 43.2 Å². The fraction of sp³-hybridized carbons (Fsp3) is 0.619. The molecule has 2 fully saturated rings. The van der Waals surface area contributed by atoms with Gasteiger partial charge < -0.3 is 15.4 Å². The Bertz CT molecular complexity index is 756. The molecule has 0 aromatic heterocycles. The molecule has 6 nitrogen and oxygen atoms in total. The summed E-state index contributed by atoms with van der Waals surface area (Å²) in [5.41, 5.74) is 7.12. The van der Waals surface area contributed by atoms with Crippen LogP contribution < -0.4 is 5.73 Å². The number of nitrogens with two attached hydrogens (primary N) is 1. The van der Waals surface area contributed by atoms with Gasteiger partial charge in [0, 0.05) is 42.5 Å². The third-order valence-electron chi connectivity index (χ3n) is 6.08. The predicted molar refractivity (Wildman–Crippen MR) is 137 cm³/mol. The van der Waals surface area contributed by atoms with Gasteiger partial charge in [0.1, 0.15) is 11.7 Å². The molecule has 2 atom stereocenters. The molecule has 2 saturated heterocycles. The highest BCUT2D eigenvalue weighted by Gasteiger charge is 2.36. The van der Waals surface area contributed by atoms with Crippen molar-refractivity contribution < 1.29 is 4.74 Å². The molecule has 1 aromatic rings. The SMILES string of the molecule is CSC[C@H]1CN(C2CCN(C3=NN=C(N)C3)CC2)[C@@H](Cc2ccc(Cl)cc2)CO1.Cl.Cl. The maximum Gasteiger partial charge on any atom is 0.135 e. The average molecular weight is 509 g/mol. The Morgan fingerprint density at radius 1 is 1.16 bits per heavy atom. The van der Waals surface area contributed by atoms with E-state index < -0.39 is 0 Å². The summed E-state index contributed by atoms with van der Waals surface area (Å²) in [5.74, 6) is 2.70. The van der Waals surface area contributed by atoms with E-state index in [0.29, 0.717) is 30.4 Å². The molecule has 1 aromatic carbocycles. The molecule has 3 aliphatic heterocycles. The highest BCUT2D eigenvalue weighted by Crippen LogP contribution is 2.27. The van der Waals surface area contributed by atoms with Crippen LogP contribution in [0.15, 0.2) is 34.5 Å². The van der Waals surface area contributed by atoms with E-state index >= 15 is 0 Å². The monoisotopic (exact) mass is 507 g/mol. The maximum atomic E-state index is 6.22. The normalized spacial score (nSPS) is 24.8. The molecule has 0 amide bonds. The number of ether oxygens (including phenoxy) is 1. The number of thioether (sulfide) groups is 1. The van der Waals surface area contributed by atoms with E-state index in [0.717, 1.165) is 62.1 Å². The number of amidine groups is 2. The summed E-state index contributed by atoms with van der Waals surface area (Å²) in [6.07, 6.45) is 6.45. The van der Waals surface area contributed by atoms with Crippen LogP contribution in [0.4, 0.5) is 0 Å². The largest absolute Gasteiger partial charge is 0.385 e. The van der Waals surface area contributed by atoms with Crippen molar-refractivity contribution in [3.05, 3.63) is 34.9 Å². The number of hydrogen-bond acceptors (Lipinski definition) is 7. The molecular weight excluding hydrogens is 477 g/mol. The van der Waals surface area contributed by atoms with Gasteiger partial charge in [0.25, 0.3) is 0 Å². The van der Waals surface area contributed by atoms with Gasteiger partial charge in [-0.25, -0.2) is 0 Å². The summed E-state index contributed by atoms with van der Waals surface area (Å²) in [7, 11) is 0. The van der Waals surface area contributed by atoms with Crippen LogP contribution in [-0.4, -0.2) is 77.9 Å². The molecule has 3 heterocycles. The van der Waals surface area contributed by atoms with Crippen molar-refractivity contribution in [1.82, 2.24) is 9.80 Å². The van der Waals surface area contributed by atoms with Crippen molar-refractivity contribution in [2.75, 3.05) is 38.2 Å². The Hall–Kier alpha value is -0.700. The lowest BCUT2D eigenvalue weighted by Crippen LogP contribution is -2.58. The zero-order chi connectivity index (χ0) is 20.2. The lowest BCUT2D eigenvalue weighted by molar-refractivity contribution is -0.0758. The van der Waals surface area contributed by atoms with Crippen LogP contribution in [0.3, 0.4) is 0 Å². The van der Waals surface area contributed by atoms with Crippen LogP contribution in [0.5, 0.6) is 0 Å². The molecule has 0 aliphatic carbocycles. The Balaban J connectivity index is 0.00000171. The number of halogens is 3. The second-order valence-corrected chi connectivity index (χ2v) is 9.44. The number of rotatable bonds is 5. The summed E-state index contributed by atoms with van der Waals surface area (Å²) in [5, 5.41) is 9.04. The predicted octanol–water partition coefficient (Wildman–Crippen LogP) is 3.70. The highest BCUT2D eigenvalue weighted by molar-refractivity contribution is 7.98. The Morgan fingerprint density at radius 2 is 1.87 bits per heavy atom. The van der Waals surface area contributed by atoms with Crippen LogP contribution >= 0.6 is 48.2 Å². The fourth-order valence-corrected chi connectivity index (χ4v) is 5.27. The molecule has 0 unspecified atom stereocenters. The van der Waals surface area contributed by atoms with Crippen LogP contribution in [-0.2, 0) is 11.2 Å². The van der Waals surface area contributed by atoms with Gasteiger partial charge >= 0.3 is 0 Å².